The highest BCUT2D eigenvalue weighted by Gasteiger charge is 2.10. The van der Waals surface area contributed by atoms with Crippen molar-refractivity contribution in [3.8, 4) is 0 Å². The van der Waals surface area contributed by atoms with Crippen LogP contribution in [0, 0.1) is 5.92 Å². The van der Waals surface area contributed by atoms with Gasteiger partial charge in [0.15, 0.2) is 0 Å². The second kappa shape index (κ2) is 9.87. The Balaban J connectivity index is 3.48. The largest absolute Gasteiger partial charge is 0.445 e. The van der Waals surface area contributed by atoms with Crippen molar-refractivity contribution in [3.05, 3.63) is 12.7 Å². The van der Waals surface area contributed by atoms with Gasteiger partial charge >= 0.3 is 6.09 Å². The number of hydrogen-bond donors (Lipinski definition) is 1. The van der Waals surface area contributed by atoms with Crippen molar-refractivity contribution in [1.29, 1.82) is 0 Å². The van der Waals surface area contributed by atoms with Crippen LogP contribution in [0.1, 0.15) is 39.5 Å². The molecule has 0 saturated carbocycles. The van der Waals surface area contributed by atoms with Crippen molar-refractivity contribution < 1.29 is 14.3 Å². The number of carbonyl (C=O) groups excluding carboxylic acids is 2. The highest BCUT2D eigenvalue weighted by atomic mass is 16.5. The molecular formula is C13H23NO3. The molecule has 0 radical (unpaired) electrons. The van der Waals surface area contributed by atoms with Crippen LogP contribution in [-0.2, 0) is 9.53 Å². The summed E-state index contributed by atoms with van der Waals surface area (Å²) in [5, 5.41) is 2.64. The number of nitrogens with one attached hydrogen (secondary N) is 1. The summed E-state index contributed by atoms with van der Waals surface area (Å²) in [5.41, 5.74) is 0. The molecule has 0 aromatic heterocycles. The zero-order valence-electron chi connectivity index (χ0n) is 10.8. The highest BCUT2D eigenvalue weighted by Crippen LogP contribution is 2.12. The second-order valence-corrected chi connectivity index (χ2v) is 4.03. The number of Topliss-reactive ketones (excluding diaryl/α,β-unsaturated/α-hetero) is 1. The first-order chi connectivity index (χ1) is 8.11. The van der Waals surface area contributed by atoms with Crippen LogP contribution in [0.2, 0.25) is 0 Å². The fourth-order valence-corrected chi connectivity index (χ4v) is 1.59. The summed E-state index contributed by atoms with van der Waals surface area (Å²) in [5.74, 6) is 0.425. The maximum absolute atomic E-state index is 11.2. The zero-order valence-corrected chi connectivity index (χ0v) is 10.8. The lowest BCUT2D eigenvalue weighted by molar-refractivity contribution is -0.121. The lowest BCUT2D eigenvalue weighted by Gasteiger charge is -2.10. The Labute approximate surface area is 103 Å². The molecule has 0 rings (SSSR count). The van der Waals surface area contributed by atoms with E-state index in [2.05, 4.69) is 11.9 Å². The molecule has 0 heterocycles. The van der Waals surface area contributed by atoms with E-state index in [1.54, 1.807) is 6.92 Å². The normalized spacial score (nSPS) is 11.6. The standard InChI is InChI=1S/C13H23NO3/c1-4-10-17-13(16)14-9-7-6-8-12(5-2)11(3)15/h4,12H,1,5-10H2,2-3H3,(H,14,16)/t12-/m0/s1. The highest BCUT2D eigenvalue weighted by molar-refractivity contribution is 5.78. The van der Waals surface area contributed by atoms with Gasteiger partial charge in [-0.1, -0.05) is 26.0 Å². The Kier molecular flexibility index (Phi) is 9.11. The van der Waals surface area contributed by atoms with E-state index in [9.17, 15) is 9.59 Å². The Morgan fingerprint density at radius 1 is 1.41 bits per heavy atom. The zero-order chi connectivity index (χ0) is 13.1. The molecule has 98 valence electrons. The third-order valence-corrected chi connectivity index (χ3v) is 2.65. The van der Waals surface area contributed by atoms with Crippen molar-refractivity contribution in [2.24, 2.45) is 5.92 Å². The van der Waals surface area contributed by atoms with Crippen LogP contribution in [0.4, 0.5) is 4.79 Å². The molecule has 0 spiro atoms. The summed E-state index contributed by atoms with van der Waals surface area (Å²) < 4.78 is 4.76. The van der Waals surface area contributed by atoms with Gasteiger partial charge in [-0.25, -0.2) is 4.79 Å². The van der Waals surface area contributed by atoms with Gasteiger partial charge in [-0.3, -0.25) is 4.79 Å². The van der Waals surface area contributed by atoms with Crippen LogP contribution in [0.5, 0.6) is 0 Å². The summed E-state index contributed by atoms with van der Waals surface area (Å²) in [6, 6.07) is 0. The molecule has 17 heavy (non-hydrogen) atoms. The van der Waals surface area contributed by atoms with Gasteiger partial charge < -0.3 is 10.1 Å². The number of alkyl carbamates (subject to hydrolysis) is 1. The first-order valence-corrected chi connectivity index (χ1v) is 6.13. The first kappa shape index (κ1) is 15.7. The fourth-order valence-electron chi connectivity index (χ4n) is 1.59. The third kappa shape index (κ3) is 8.48. The number of ether oxygens (including phenoxy) is 1. The van der Waals surface area contributed by atoms with E-state index in [4.69, 9.17) is 4.74 Å². The van der Waals surface area contributed by atoms with E-state index in [1.165, 1.54) is 6.08 Å². The van der Waals surface area contributed by atoms with E-state index < -0.39 is 6.09 Å². The van der Waals surface area contributed by atoms with Gasteiger partial charge in [0.25, 0.3) is 0 Å². The van der Waals surface area contributed by atoms with Crippen LogP contribution in [-0.4, -0.2) is 25.0 Å². The summed E-state index contributed by atoms with van der Waals surface area (Å²) in [6.07, 6.45) is 4.72. The molecule has 0 aromatic rings. The molecule has 0 aromatic carbocycles. The van der Waals surface area contributed by atoms with E-state index in [0.29, 0.717) is 6.54 Å². The van der Waals surface area contributed by atoms with E-state index in [-0.39, 0.29) is 18.3 Å². The molecule has 0 unspecified atom stereocenters. The molecule has 4 nitrogen and oxygen atoms in total. The fraction of sp³-hybridized carbons (Fsp3) is 0.692. The maximum Gasteiger partial charge on any atom is 0.407 e. The molecule has 1 atom stereocenters. The van der Waals surface area contributed by atoms with Crippen molar-refractivity contribution in [1.82, 2.24) is 5.32 Å². The minimum Gasteiger partial charge on any atom is -0.445 e. The molecule has 0 bridgehead atoms. The van der Waals surface area contributed by atoms with Gasteiger partial charge in [0.05, 0.1) is 0 Å². The SMILES string of the molecule is C=CCOC(=O)NCCCC[C@H](CC)C(C)=O. The molecular weight excluding hydrogens is 218 g/mol. The third-order valence-electron chi connectivity index (χ3n) is 2.65. The summed E-state index contributed by atoms with van der Waals surface area (Å²) >= 11 is 0. The van der Waals surface area contributed by atoms with Gasteiger partial charge in [-0.15, -0.1) is 0 Å². The number of ketones is 1. The minimum absolute atomic E-state index is 0.169. The Morgan fingerprint density at radius 2 is 2.12 bits per heavy atom. The average molecular weight is 241 g/mol. The molecule has 4 heteroatoms. The topological polar surface area (TPSA) is 55.4 Å². The summed E-state index contributed by atoms with van der Waals surface area (Å²) in [6.45, 7) is 7.93. The lowest BCUT2D eigenvalue weighted by atomic mass is 9.96. The predicted molar refractivity (Wildman–Crippen MR) is 67.9 cm³/mol. The van der Waals surface area contributed by atoms with Crippen LogP contribution in [0.25, 0.3) is 0 Å². The summed E-state index contributed by atoms with van der Waals surface area (Å²) in [7, 11) is 0. The lowest BCUT2D eigenvalue weighted by Crippen LogP contribution is -2.25. The predicted octanol–water partition coefficient (Wildman–Crippen LogP) is 2.68. The molecule has 1 N–H and O–H groups in total. The first-order valence-electron chi connectivity index (χ1n) is 6.13. The molecule has 1 amide bonds. The Bertz CT molecular complexity index is 251. The molecule has 0 aliphatic rings. The molecule has 0 aliphatic heterocycles. The van der Waals surface area contributed by atoms with Gasteiger partial charge in [0, 0.05) is 12.5 Å². The second-order valence-electron chi connectivity index (χ2n) is 4.03. The number of rotatable bonds is 9. The van der Waals surface area contributed by atoms with Crippen molar-refractivity contribution in [2.45, 2.75) is 39.5 Å². The Morgan fingerprint density at radius 3 is 2.65 bits per heavy atom. The van der Waals surface area contributed by atoms with E-state index >= 15 is 0 Å². The van der Waals surface area contributed by atoms with Crippen molar-refractivity contribution in [2.75, 3.05) is 13.2 Å². The van der Waals surface area contributed by atoms with Gasteiger partial charge in [0.1, 0.15) is 12.4 Å². The number of hydrogen-bond acceptors (Lipinski definition) is 3. The average Bonchev–Trinajstić information content (AvgIpc) is 2.30. The minimum atomic E-state index is -0.413. The van der Waals surface area contributed by atoms with Crippen LogP contribution in [0.3, 0.4) is 0 Å². The summed E-state index contributed by atoms with van der Waals surface area (Å²) in [4.78, 5) is 22.2. The maximum atomic E-state index is 11.2. The number of unbranched alkanes of at least 4 members (excludes halogenated alkanes) is 1. The van der Waals surface area contributed by atoms with Crippen molar-refractivity contribution in [3.63, 3.8) is 0 Å². The molecule has 0 saturated heterocycles. The van der Waals surface area contributed by atoms with Crippen LogP contribution < -0.4 is 5.32 Å². The Hall–Kier alpha value is -1.32. The van der Waals surface area contributed by atoms with Crippen LogP contribution in [0.15, 0.2) is 12.7 Å². The van der Waals surface area contributed by atoms with E-state index in [1.807, 2.05) is 6.92 Å². The van der Waals surface area contributed by atoms with Gasteiger partial charge in [-0.2, -0.15) is 0 Å². The monoisotopic (exact) mass is 241 g/mol. The van der Waals surface area contributed by atoms with Gasteiger partial charge in [-0.05, 0) is 26.2 Å². The van der Waals surface area contributed by atoms with Crippen LogP contribution >= 0.6 is 0 Å². The van der Waals surface area contributed by atoms with E-state index in [0.717, 1.165) is 25.7 Å². The smallest absolute Gasteiger partial charge is 0.407 e. The van der Waals surface area contributed by atoms with Crippen molar-refractivity contribution >= 4 is 11.9 Å². The number of amides is 1. The molecule has 0 fully saturated rings. The van der Waals surface area contributed by atoms with Gasteiger partial charge in [0.2, 0.25) is 0 Å². The molecule has 0 aliphatic carbocycles. The number of carbonyl (C=O) groups is 2. The quantitative estimate of drug-likeness (QED) is 0.499.